The van der Waals surface area contributed by atoms with Crippen molar-refractivity contribution >= 4 is 11.9 Å². The van der Waals surface area contributed by atoms with Crippen LogP contribution in [0.25, 0.3) is 11.1 Å². The molecule has 0 spiro atoms. The van der Waals surface area contributed by atoms with Crippen LogP contribution in [0.1, 0.15) is 10.4 Å². The van der Waals surface area contributed by atoms with Crippen molar-refractivity contribution in [3.05, 3.63) is 72.6 Å². The first-order valence-electron chi connectivity index (χ1n) is 7.10. The average Bonchev–Trinajstić information content (AvgIpc) is 2.62. The maximum Gasteiger partial charge on any atom is 0.258 e. The maximum atomic E-state index is 12.4. The van der Waals surface area contributed by atoms with Crippen LogP contribution < -0.4 is 10.1 Å². The largest absolute Gasteiger partial charge is 0.496 e. The van der Waals surface area contributed by atoms with E-state index < -0.39 is 0 Å². The minimum Gasteiger partial charge on any atom is -0.496 e. The van der Waals surface area contributed by atoms with Crippen molar-refractivity contribution in [1.29, 1.82) is 0 Å². The Kier molecular flexibility index (Phi) is 4.29. The van der Waals surface area contributed by atoms with E-state index in [0.717, 1.165) is 11.1 Å². The molecule has 1 N–H and O–H groups in total. The fraction of sp³-hybridized carbons (Fsp3) is 0.0556. The molecule has 0 saturated heterocycles. The monoisotopic (exact) mass is 305 g/mol. The third-order valence-electron chi connectivity index (χ3n) is 3.34. The van der Waals surface area contributed by atoms with Crippen molar-refractivity contribution in [2.75, 3.05) is 12.4 Å². The highest BCUT2D eigenvalue weighted by Crippen LogP contribution is 2.30. The number of amides is 1. The van der Waals surface area contributed by atoms with Crippen molar-refractivity contribution in [2.45, 2.75) is 0 Å². The van der Waals surface area contributed by atoms with Crippen LogP contribution in [0.5, 0.6) is 5.75 Å². The minimum atomic E-state index is -0.268. The van der Waals surface area contributed by atoms with Crippen LogP contribution in [-0.2, 0) is 0 Å². The summed E-state index contributed by atoms with van der Waals surface area (Å²) in [5.41, 5.74) is 2.35. The van der Waals surface area contributed by atoms with E-state index in [9.17, 15) is 4.79 Å². The van der Waals surface area contributed by atoms with Gasteiger partial charge in [-0.2, -0.15) is 0 Å². The molecule has 5 nitrogen and oxygen atoms in total. The van der Waals surface area contributed by atoms with Crippen LogP contribution in [0.3, 0.4) is 0 Å². The molecule has 0 saturated carbocycles. The van der Waals surface area contributed by atoms with Crippen LogP contribution in [-0.4, -0.2) is 23.0 Å². The lowest BCUT2D eigenvalue weighted by Gasteiger charge is -2.11. The molecule has 0 aliphatic rings. The van der Waals surface area contributed by atoms with Gasteiger partial charge in [0.1, 0.15) is 5.75 Å². The van der Waals surface area contributed by atoms with Crippen molar-refractivity contribution in [3.8, 4) is 16.9 Å². The Hall–Kier alpha value is -3.21. The zero-order chi connectivity index (χ0) is 16.1. The smallest absolute Gasteiger partial charge is 0.258 e. The number of hydrogen-bond acceptors (Lipinski definition) is 4. The minimum absolute atomic E-state index is 0.268. The van der Waals surface area contributed by atoms with Gasteiger partial charge >= 0.3 is 0 Å². The molecule has 114 valence electrons. The number of hydrogen-bond donors (Lipinski definition) is 1. The summed E-state index contributed by atoms with van der Waals surface area (Å²) in [6.45, 7) is 0. The zero-order valence-electron chi connectivity index (χ0n) is 12.6. The molecule has 1 aromatic heterocycles. The summed E-state index contributed by atoms with van der Waals surface area (Å²) in [5.74, 6) is 0.717. The summed E-state index contributed by atoms with van der Waals surface area (Å²) in [6, 6.07) is 16.8. The van der Waals surface area contributed by atoms with Gasteiger partial charge in [0.15, 0.2) is 0 Å². The van der Waals surface area contributed by atoms with E-state index in [2.05, 4.69) is 15.3 Å². The summed E-state index contributed by atoms with van der Waals surface area (Å²) in [4.78, 5) is 20.3. The Morgan fingerprint density at radius 3 is 2.43 bits per heavy atom. The molecule has 0 atom stereocenters. The van der Waals surface area contributed by atoms with Crippen molar-refractivity contribution in [1.82, 2.24) is 9.97 Å². The molecule has 5 heteroatoms. The number of aromatic nitrogens is 2. The molecule has 0 bridgehead atoms. The maximum absolute atomic E-state index is 12.4. The Balaban J connectivity index is 1.93. The van der Waals surface area contributed by atoms with Gasteiger partial charge in [0.25, 0.3) is 5.91 Å². The van der Waals surface area contributed by atoms with Gasteiger partial charge in [-0.3, -0.25) is 10.1 Å². The van der Waals surface area contributed by atoms with E-state index in [0.29, 0.717) is 11.3 Å². The number of nitrogens with zero attached hydrogens (tertiary/aromatic N) is 2. The number of ether oxygens (including phenoxy) is 1. The molecule has 1 amide bonds. The lowest BCUT2D eigenvalue weighted by molar-refractivity contribution is 0.102. The molecule has 0 aliphatic heterocycles. The molecule has 3 aromatic rings. The highest BCUT2D eigenvalue weighted by molar-refractivity contribution is 6.04. The number of carbonyl (C=O) groups is 1. The first kappa shape index (κ1) is 14.7. The predicted molar refractivity (Wildman–Crippen MR) is 88.4 cm³/mol. The number of anilines is 1. The Labute approximate surface area is 134 Å². The van der Waals surface area contributed by atoms with Gasteiger partial charge in [0.05, 0.1) is 7.11 Å². The lowest BCUT2D eigenvalue weighted by atomic mass is 10.0. The topological polar surface area (TPSA) is 64.1 Å². The highest BCUT2D eigenvalue weighted by Gasteiger charge is 2.12. The van der Waals surface area contributed by atoms with Gasteiger partial charge in [-0.15, -0.1) is 0 Å². The second-order valence-corrected chi connectivity index (χ2v) is 4.81. The molecule has 1 heterocycles. The van der Waals surface area contributed by atoms with Gasteiger partial charge in [-0.1, -0.05) is 30.3 Å². The summed E-state index contributed by atoms with van der Waals surface area (Å²) in [5, 5.41) is 2.67. The second-order valence-electron chi connectivity index (χ2n) is 4.81. The van der Waals surface area contributed by atoms with E-state index in [1.807, 2.05) is 30.3 Å². The van der Waals surface area contributed by atoms with Crippen LogP contribution >= 0.6 is 0 Å². The van der Waals surface area contributed by atoms with E-state index in [1.54, 1.807) is 43.8 Å². The Morgan fingerprint density at radius 2 is 1.74 bits per heavy atom. The first-order valence-corrected chi connectivity index (χ1v) is 7.10. The van der Waals surface area contributed by atoms with Gasteiger partial charge in [0, 0.05) is 23.5 Å². The van der Waals surface area contributed by atoms with E-state index in [-0.39, 0.29) is 11.9 Å². The van der Waals surface area contributed by atoms with Crippen LogP contribution in [0, 0.1) is 0 Å². The van der Waals surface area contributed by atoms with Crippen LogP contribution in [0.2, 0.25) is 0 Å². The normalized spacial score (nSPS) is 10.1. The molecule has 23 heavy (non-hydrogen) atoms. The van der Waals surface area contributed by atoms with E-state index >= 15 is 0 Å². The summed E-state index contributed by atoms with van der Waals surface area (Å²) in [6.07, 6.45) is 3.15. The number of benzene rings is 2. The second kappa shape index (κ2) is 6.70. The molecule has 3 rings (SSSR count). The van der Waals surface area contributed by atoms with Gasteiger partial charge in [-0.05, 0) is 29.8 Å². The van der Waals surface area contributed by atoms with Gasteiger partial charge < -0.3 is 4.74 Å². The summed E-state index contributed by atoms with van der Waals surface area (Å²) >= 11 is 0. The fourth-order valence-electron chi connectivity index (χ4n) is 2.23. The quantitative estimate of drug-likeness (QED) is 0.802. The molecular formula is C18H15N3O2. The fourth-order valence-corrected chi connectivity index (χ4v) is 2.23. The van der Waals surface area contributed by atoms with Gasteiger partial charge in [-0.25, -0.2) is 9.97 Å². The molecule has 0 aliphatic carbocycles. The van der Waals surface area contributed by atoms with E-state index in [1.165, 1.54) is 0 Å². The van der Waals surface area contributed by atoms with Crippen molar-refractivity contribution in [2.24, 2.45) is 0 Å². The van der Waals surface area contributed by atoms with Crippen LogP contribution in [0.4, 0.5) is 5.95 Å². The number of nitrogens with one attached hydrogen (secondary N) is 1. The number of carbonyl (C=O) groups excluding carboxylic acids is 1. The molecular weight excluding hydrogens is 290 g/mol. The molecule has 0 fully saturated rings. The lowest BCUT2D eigenvalue weighted by Crippen LogP contribution is -2.14. The first-order chi connectivity index (χ1) is 11.3. The average molecular weight is 305 g/mol. The predicted octanol–water partition coefficient (Wildman–Crippen LogP) is 3.40. The number of rotatable bonds is 4. The Morgan fingerprint density at radius 1 is 1.00 bits per heavy atom. The summed E-state index contributed by atoms with van der Waals surface area (Å²) < 4.78 is 5.40. The SMILES string of the molecule is COc1ccc(C(=O)Nc2ncccn2)cc1-c1ccccc1. The van der Waals surface area contributed by atoms with Crippen molar-refractivity contribution < 1.29 is 9.53 Å². The molecule has 2 aromatic carbocycles. The van der Waals surface area contributed by atoms with Gasteiger partial charge in [0.2, 0.25) is 5.95 Å². The van der Waals surface area contributed by atoms with E-state index in [4.69, 9.17) is 4.74 Å². The third-order valence-corrected chi connectivity index (χ3v) is 3.34. The third kappa shape index (κ3) is 3.35. The van der Waals surface area contributed by atoms with Crippen molar-refractivity contribution in [3.63, 3.8) is 0 Å². The molecule has 0 radical (unpaired) electrons. The number of methoxy groups -OCH3 is 1. The highest BCUT2D eigenvalue weighted by atomic mass is 16.5. The standard InChI is InChI=1S/C18H15N3O2/c1-23-16-9-8-14(12-15(16)13-6-3-2-4-7-13)17(22)21-18-19-10-5-11-20-18/h2-12H,1H3,(H,19,20,21,22). The molecule has 0 unspecified atom stereocenters. The zero-order valence-corrected chi connectivity index (χ0v) is 12.6. The van der Waals surface area contributed by atoms with Crippen LogP contribution in [0.15, 0.2) is 67.0 Å². The summed E-state index contributed by atoms with van der Waals surface area (Å²) in [7, 11) is 1.61. The Bertz CT molecular complexity index is 805.